The molecule has 3 aromatic rings. The van der Waals surface area contributed by atoms with Crippen molar-refractivity contribution in [2.75, 3.05) is 39.1 Å². The number of hydrogen-bond acceptors (Lipinski definition) is 4. The summed E-state index contributed by atoms with van der Waals surface area (Å²) in [5.74, 6) is 1.80. The second kappa shape index (κ2) is 8.54. The highest BCUT2D eigenvalue weighted by Crippen LogP contribution is 2.34. The first-order valence-corrected chi connectivity index (χ1v) is 10.5. The van der Waals surface area contributed by atoms with Gasteiger partial charge in [-0.15, -0.1) is 0 Å². The molecule has 1 heterocycles. The second-order valence-electron chi connectivity index (χ2n) is 7.87. The minimum absolute atomic E-state index is 0.706. The molecule has 0 spiro atoms. The number of hydrogen-bond donors (Lipinski definition) is 1. The molecule has 0 radical (unpaired) electrons. The number of pyridine rings is 1. The maximum absolute atomic E-state index is 6.20. The van der Waals surface area contributed by atoms with Crippen LogP contribution < -0.4 is 10.1 Å². The molecule has 5 heteroatoms. The zero-order valence-electron chi connectivity index (χ0n) is 16.7. The van der Waals surface area contributed by atoms with Gasteiger partial charge in [-0.3, -0.25) is 0 Å². The van der Waals surface area contributed by atoms with Crippen LogP contribution in [0.4, 0.5) is 5.69 Å². The minimum Gasteiger partial charge on any atom is -0.497 e. The summed E-state index contributed by atoms with van der Waals surface area (Å²) in [5.41, 5.74) is 2.97. The molecule has 0 bridgehead atoms. The molecule has 0 atom stereocenters. The molecule has 0 aliphatic heterocycles. The Balaban J connectivity index is 1.51. The molecule has 1 saturated carbocycles. The first kappa shape index (κ1) is 19.3. The van der Waals surface area contributed by atoms with Crippen LogP contribution in [-0.2, 0) is 0 Å². The number of nitrogens with one attached hydrogen (secondary N) is 1. The molecular formula is C23H28ClN3O. The number of rotatable bonds is 9. The van der Waals surface area contributed by atoms with E-state index in [0.29, 0.717) is 5.02 Å². The number of unbranched alkanes of at least 4 members (excludes halogenated alkanes) is 1. The highest BCUT2D eigenvalue weighted by atomic mass is 35.5. The van der Waals surface area contributed by atoms with Gasteiger partial charge in [0.05, 0.1) is 23.8 Å². The highest BCUT2D eigenvalue weighted by molar-refractivity contribution is 6.31. The van der Waals surface area contributed by atoms with E-state index in [-0.39, 0.29) is 0 Å². The Hall–Kier alpha value is -2.04. The van der Waals surface area contributed by atoms with E-state index in [1.54, 1.807) is 7.11 Å². The van der Waals surface area contributed by atoms with Gasteiger partial charge in [0.25, 0.3) is 0 Å². The van der Waals surface area contributed by atoms with Gasteiger partial charge in [0, 0.05) is 28.9 Å². The third-order valence-corrected chi connectivity index (χ3v) is 5.71. The van der Waals surface area contributed by atoms with Gasteiger partial charge in [-0.05, 0) is 81.6 Å². The molecule has 0 amide bonds. The van der Waals surface area contributed by atoms with Crippen LogP contribution in [0.2, 0.25) is 5.02 Å². The summed E-state index contributed by atoms with van der Waals surface area (Å²) in [6, 6.07) is 11.9. The third kappa shape index (κ3) is 4.50. The maximum atomic E-state index is 6.20. The summed E-state index contributed by atoms with van der Waals surface area (Å²) in [4.78, 5) is 7.26. The molecule has 2 aromatic carbocycles. The van der Waals surface area contributed by atoms with Crippen LogP contribution in [0, 0.1) is 5.92 Å². The lowest BCUT2D eigenvalue weighted by Gasteiger charge is -2.17. The highest BCUT2D eigenvalue weighted by Gasteiger charge is 2.22. The number of methoxy groups -OCH3 is 1. The average Bonchev–Trinajstić information content (AvgIpc) is 3.50. The molecule has 1 N–H and O–H groups in total. The first-order chi connectivity index (χ1) is 13.6. The monoisotopic (exact) mass is 397 g/mol. The SMILES string of the molecule is COc1ccc2nc3cc(Cl)ccc3c(NCCCCN(C)CC3CC3)c2c1. The smallest absolute Gasteiger partial charge is 0.119 e. The van der Waals surface area contributed by atoms with Gasteiger partial charge in [-0.2, -0.15) is 0 Å². The van der Waals surface area contributed by atoms with E-state index in [2.05, 4.69) is 29.4 Å². The largest absolute Gasteiger partial charge is 0.497 e. The summed E-state index contributed by atoms with van der Waals surface area (Å²) >= 11 is 6.20. The van der Waals surface area contributed by atoms with Crippen molar-refractivity contribution in [1.82, 2.24) is 9.88 Å². The molecule has 1 aromatic heterocycles. The lowest BCUT2D eigenvalue weighted by Crippen LogP contribution is -2.22. The van der Waals surface area contributed by atoms with Gasteiger partial charge in [0.15, 0.2) is 0 Å². The molecule has 1 aliphatic carbocycles. The van der Waals surface area contributed by atoms with E-state index in [9.17, 15) is 0 Å². The molecule has 4 nitrogen and oxygen atoms in total. The lowest BCUT2D eigenvalue weighted by molar-refractivity contribution is 0.314. The summed E-state index contributed by atoms with van der Waals surface area (Å²) in [6.07, 6.45) is 5.17. The van der Waals surface area contributed by atoms with Crippen molar-refractivity contribution in [2.24, 2.45) is 5.92 Å². The fraction of sp³-hybridized carbons (Fsp3) is 0.435. The maximum Gasteiger partial charge on any atom is 0.119 e. The van der Waals surface area contributed by atoms with Crippen molar-refractivity contribution < 1.29 is 4.74 Å². The summed E-state index contributed by atoms with van der Waals surface area (Å²) in [5, 5.41) is 6.55. The normalized spacial score (nSPS) is 14.1. The van der Waals surface area contributed by atoms with Crippen molar-refractivity contribution in [1.29, 1.82) is 0 Å². The molecule has 1 fully saturated rings. The average molecular weight is 398 g/mol. The van der Waals surface area contributed by atoms with Gasteiger partial charge in [-0.1, -0.05) is 11.6 Å². The fourth-order valence-corrected chi connectivity index (χ4v) is 3.93. The Bertz CT molecular complexity index is 971. The van der Waals surface area contributed by atoms with Crippen LogP contribution in [0.1, 0.15) is 25.7 Å². The predicted molar refractivity (Wildman–Crippen MR) is 119 cm³/mol. The van der Waals surface area contributed by atoms with Crippen molar-refractivity contribution in [3.8, 4) is 5.75 Å². The summed E-state index contributed by atoms with van der Waals surface area (Å²) in [6.45, 7) is 3.36. The van der Waals surface area contributed by atoms with Crippen molar-refractivity contribution in [3.63, 3.8) is 0 Å². The molecule has 4 rings (SSSR count). The predicted octanol–water partition coefficient (Wildman–Crippen LogP) is 5.58. The number of aromatic nitrogens is 1. The van der Waals surface area contributed by atoms with E-state index < -0.39 is 0 Å². The van der Waals surface area contributed by atoms with Crippen LogP contribution in [-0.4, -0.2) is 43.7 Å². The first-order valence-electron chi connectivity index (χ1n) is 10.1. The van der Waals surface area contributed by atoms with Gasteiger partial charge < -0.3 is 15.0 Å². The Labute approximate surface area is 171 Å². The number of halogens is 1. The fourth-order valence-electron chi connectivity index (χ4n) is 3.77. The molecular weight excluding hydrogens is 370 g/mol. The van der Waals surface area contributed by atoms with E-state index in [4.69, 9.17) is 21.3 Å². The zero-order chi connectivity index (χ0) is 19.5. The molecule has 0 saturated heterocycles. The van der Waals surface area contributed by atoms with Crippen LogP contribution in [0.3, 0.4) is 0 Å². The zero-order valence-corrected chi connectivity index (χ0v) is 17.4. The minimum atomic E-state index is 0.706. The van der Waals surface area contributed by atoms with E-state index in [1.807, 2.05) is 24.3 Å². The number of nitrogens with zero attached hydrogens (tertiary/aromatic N) is 2. The molecule has 0 unspecified atom stereocenters. The van der Waals surface area contributed by atoms with Crippen LogP contribution in [0.5, 0.6) is 5.75 Å². The Morgan fingerprint density at radius 3 is 2.75 bits per heavy atom. The third-order valence-electron chi connectivity index (χ3n) is 5.48. The van der Waals surface area contributed by atoms with Crippen LogP contribution in [0.15, 0.2) is 36.4 Å². The Kier molecular flexibility index (Phi) is 5.88. The van der Waals surface area contributed by atoms with Crippen LogP contribution in [0.25, 0.3) is 21.8 Å². The number of anilines is 1. The Morgan fingerprint density at radius 1 is 1.11 bits per heavy atom. The summed E-state index contributed by atoms with van der Waals surface area (Å²) in [7, 11) is 3.94. The van der Waals surface area contributed by atoms with Gasteiger partial charge in [0.2, 0.25) is 0 Å². The van der Waals surface area contributed by atoms with E-state index in [0.717, 1.165) is 52.1 Å². The van der Waals surface area contributed by atoms with Crippen molar-refractivity contribution in [3.05, 3.63) is 41.4 Å². The number of ether oxygens (including phenoxy) is 1. The van der Waals surface area contributed by atoms with Gasteiger partial charge >= 0.3 is 0 Å². The van der Waals surface area contributed by atoms with Crippen LogP contribution >= 0.6 is 11.6 Å². The topological polar surface area (TPSA) is 37.4 Å². The molecule has 1 aliphatic rings. The molecule has 148 valence electrons. The number of fused-ring (bicyclic) bond motifs is 2. The van der Waals surface area contributed by atoms with E-state index in [1.165, 1.54) is 32.4 Å². The second-order valence-corrected chi connectivity index (χ2v) is 8.31. The van der Waals surface area contributed by atoms with Crippen molar-refractivity contribution >= 4 is 39.1 Å². The lowest BCUT2D eigenvalue weighted by atomic mass is 10.1. The van der Waals surface area contributed by atoms with Crippen molar-refractivity contribution in [2.45, 2.75) is 25.7 Å². The Morgan fingerprint density at radius 2 is 1.96 bits per heavy atom. The molecule has 28 heavy (non-hydrogen) atoms. The summed E-state index contributed by atoms with van der Waals surface area (Å²) < 4.78 is 5.43. The quantitative estimate of drug-likeness (QED) is 0.377. The van der Waals surface area contributed by atoms with Gasteiger partial charge in [-0.25, -0.2) is 4.98 Å². The van der Waals surface area contributed by atoms with E-state index >= 15 is 0 Å². The standard InChI is InChI=1S/C23H28ClN3O/c1-27(15-16-5-6-16)12-4-3-11-25-23-19-9-7-17(24)13-22(19)26-21-10-8-18(28-2)14-20(21)23/h7-10,13-14,16H,3-6,11-12,15H2,1-2H3,(H,25,26). The van der Waals surface area contributed by atoms with Gasteiger partial charge in [0.1, 0.15) is 5.75 Å². The number of benzene rings is 2.